The number of nitrogens with one attached hydrogen (secondary N) is 1. The highest BCUT2D eigenvalue weighted by atomic mass is 16.2. The SMILES string of the molecule is O=C(CN(Cc1ccccc1)Cc1ccccc1)Nc1cccc(N2CCCC2=O)c1. The third kappa shape index (κ3) is 5.80. The van der Waals surface area contributed by atoms with Gasteiger partial charge < -0.3 is 10.2 Å². The Morgan fingerprint density at radius 2 is 1.52 bits per heavy atom. The average molecular weight is 414 g/mol. The molecule has 0 saturated carbocycles. The second-order valence-corrected chi connectivity index (χ2v) is 7.86. The number of rotatable bonds is 8. The summed E-state index contributed by atoms with van der Waals surface area (Å²) in [5, 5.41) is 3.00. The monoisotopic (exact) mass is 413 g/mol. The summed E-state index contributed by atoms with van der Waals surface area (Å²) in [6.45, 7) is 2.38. The van der Waals surface area contributed by atoms with E-state index in [0.29, 0.717) is 25.2 Å². The van der Waals surface area contributed by atoms with Gasteiger partial charge in [0, 0.05) is 37.4 Å². The van der Waals surface area contributed by atoms with Crippen LogP contribution in [0.2, 0.25) is 0 Å². The molecule has 5 nitrogen and oxygen atoms in total. The summed E-state index contributed by atoms with van der Waals surface area (Å²) in [4.78, 5) is 28.8. The zero-order valence-corrected chi connectivity index (χ0v) is 17.5. The topological polar surface area (TPSA) is 52.7 Å². The minimum absolute atomic E-state index is 0.0724. The molecule has 0 bridgehead atoms. The summed E-state index contributed by atoms with van der Waals surface area (Å²) < 4.78 is 0. The lowest BCUT2D eigenvalue weighted by Crippen LogP contribution is -2.32. The highest BCUT2D eigenvalue weighted by Crippen LogP contribution is 2.24. The fourth-order valence-corrected chi connectivity index (χ4v) is 3.93. The van der Waals surface area contributed by atoms with Crippen molar-refractivity contribution in [1.29, 1.82) is 0 Å². The van der Waals surface area contributed by atoms with Crippen LogP contribution in [-0.2, 0) is 22.7 Å². The summed E-state index contributed by atoms with van der Waals surface area (Å²) in [7, 11) is 0. The Bertz CT molecular complexity index is 980. The van der Waals surface area contributed by atoms with E-state index in [4.69, 9.17) is 0 Å². The van der Waals surface area contributed by atoms with Gasteiger partial charge in [0.05, 0.1) is 6.54 Å². The van der Waals surface area contributed by atoms with Gasteiger partial charge in [0.2, 0.25) is 11.8 Å². The van der Waals surface area contributed by atoms with Crippen molar-refractivity contribution in [3.63, 3.8) is 0 Å². The van der Waals surface area contributed by atoms with Gasteiger partial charge in [0.25, 0.3) is 0 Å². The third-order valence-electron chi connectivity index (χ3n) is 5.38. The largest absolute Gasteiger partial charge is 0.325 e. The van der Waals surface area contributed by atoms with E-state index in [9.17, 15) is 9.59 Å². The first kappa shape index (κ1) is 20.8. The molecular formula is C26H27N3O2. The van der Waals surface area contributed by atoms with E-state index in [-0.39, 0.29) is 18.4 Å². The molecule has 1 aliphatic rings. The molecule has 0 aliphatic carbocycles. The Hall–Kier alpha value is -3.44. The molecule has 1 aliphatic heterocycles. The van der Waals surface area contributed by atoms with Crippen LogP contribution in [0, 0.1) is 0 Å². The van der Waals surface area contributed by atoms with E-state index in [2.05, 4.69) is 34.5 Å². The molecule has 31 heavy (non-hydrogen) atoms. The zero-order chi connectivity index (χ0) is 21.5. The van der Waals surface area contributed by atoms with Crippen LogP contribution in [0.1, 0.15) is 24.0 Å². The minimum Gasteiger partial charge on any atom is -0.325 e. The molecule has 4 rings (SSSR count). The number of benzene rings is 3. The number of hydrogen-bond donors (Lipinski definition) is 1. The second-order valence-electron chi connectivity index (χ2n) is 7.86. The van der Waals surface area contributed by atoms with Gasteiger partial charge in [0.1, 0.15) is 0 Å². The minimum atomic E-state index is -0.0724. The van der Waals surface area contributed by atoms with Crippen molar-refractivity contribution in [3.05, 3.63) is 96.1 Å². The molecule has 3 aromatic carbocycles. The van der Waals surface area contributed by atoms with Crippen molar-refractivity contribution in [2.75, 3.05) is 23.3 Å². The smallest absolute Gasteiger partial charge is 0.238 e. The van der Waals surface area contributed by atoms with Crippen molar-refractivity contribution in [1.82, 2.24) is 4.90 Å². The number of carbonyl (C=O) groups excluding carboxylic acids is 2. The van der Waals surface area contributed by atoms with Crippen LogP contribution < -0.4 is 10.2 Å². The molecule has 2 amide bonds. The number of anilines is 2. The van der Waals surface area contributed by atoms with E-state index < -0.39 is 0 Å². The molecule has 0 radical (unpaired) electrons. The zero-order valence-electron chi connectivity index (χ0n) is 17.5. The van der Waals surface area contributed by atoms with Gasteiger partial charge in [-0.3, -0.25) is 14.5 Å². The maximum Gasteiger partial charge on any atom is 0.238 e. The Morgan fingerprint density at radius 3 is 2.10 bits per heavy atom. The first-order chi connectivity index (χ1) is 15.2. The molecule has 3 aromatic rings. The summed E-state index contributed by atoms with van der Waals surface area (Å²) in [5.74, 6) is 0.0668. The second kappa shape index (κ2) is 10.0. The van der Waals surface area contributed by atoms with Crippen LogP contribution in [0.4, 0.5) is 11.4 Å². The van der Waals surface area contributed by atoms with Crippen LogP contribution >= 0.6 is 0 Å². The molecule has 0 atom stereocenters. The van der Waals surface area contributed by atoms with Gasteiger partial charge in [-0.25, -0.2) is 0 Å². The fraction of sp³-hybridized carbons (Fsp3) is 0.231. The maximum absolute atomic E-state index is 12.9. The van der Waals surface area contributed by atoms with Crippen molar-refractivity contribution in [3.8, 4) is 0 Å². The van der Waals surface area contributed by atoms with E-state index in [0.717, 1.165) is 18.7 Å². The van der Waals surface area contributed by atoms with Crippen molar-refractivity contribution >= 4 is 23.2 Å². The van der Waals surface area contributed by atoms with Crippen LogP contribution in [0.5, 0.6) is 0 Å². The highest BCUT2D eigenvalue weighted by molar-refractivity contribution is 5.97. The molecular weight excluding hydrogens is 386 g/mol. The van der Waals surface area contributed by atoms with Gasteiger partial charge in [-0.15, -0.1) is 0 Å². The Labute approximate surface area is 183 Å². The summed E-state index contributed by atoms with van der Waals surface area (Å²) in [6, 6.07) is 27.9. The van der Waals surface area contributed by atoms with Gasteiger partial charge in [0.15, 0.2) is 0 Å². The van der Waals surface area contributed by atoms with Crippen molar-refractivity contribution in [2.24, 2.45) is 0 Å². The van der Waals surface area contributed by atoms with E-state index in [1.807, 2.05) is 60.7 Å². The first-order valence-corrected chi connectivity index (χ1v) is 10.7. The molecule has 1 N–H and O–H groups in total. The van der Waals surface area contributed by atoms with Crippen molar-refractivity contribution in [2.45, 2.75) is 25.9 Å². The normalized spacial score (nSPS) is 13.6. The number of amides is 2. The number of carbonyl (C=O) groups is 2. The molecule has 1 saturated heterocycles. The molecule has 1 fully saturated rings. The van der Waals surface area contributed by atoms with E-state index in [1.165, 1.54) is 11.1 Å². The standard InChI is InChI=1S/C26H27N3O2/c30-25(27-23-13-7-14-24(17-23)29-16-8-15-26(29)31)20-28(18-21-9-3-1-4-10-21)19-22-11-5-2-6-12-22/h1-7,9-14,17H,8,15-16,18-20H2,(H,27,30). The lowest BCUT2D eigenvalue weighted by molar-refractivity contribution is -0.118. The molecule has 1 heterocycles. The predicted octanol–water partition coefficient (Wildman–Crippen LogP) is 4.45. The van der Waals surface area contributed by atoms with Crippen LogP contribution in [0.3, 0.4) is 0 Å². The van der Waals surface area contributed by atoms with Crippen molar-refractivity contribution < 1.29 is 9.59 Å². The average Bonchev–Trinajstić information content (AvgIpc) is 3.21. The Kier molecular flexibility index (Phi) is 6.75. The summed E-state index contributed by atoms with van der Waals surface area (Å²) in [6.07, 6.45) is 1.47. The van der Waals surface area contributed by atoms with Gasteiger partial charge in [-0.1, -0.05) is 66.7 Å². The Morgan fingerprint density at radius 1 is 0.871 bits per heavy atom. The third-order valence-corrected chi connectivity index (χ3v) is 5.38. The fourth-order valence-electron chi connectivity index (χ4n) is 3.93. The summed E-state index contributed by atoms with van der Waals surface area (Å²) >= 11 is 0. The van der Waals surface area contributed by atoms with Crippen LogP contribution in [0.25, 0.3) is 0 Å². The molecule has 0 aromatic heterocycles. The summed E-state index contributed by atoms with van der Waals surface area (Å²) in [5.41, 5.74) is 3.88. The molecule has 0 unspecified atom stereocenters. The molecule has 0 spiro atoms. The van der Waals surface area contributed by atoms with Gasteiger partial charge in [-0.05, 0) is 35.7 Å². The number of nitrogens with zero attached hydrogens (tertiary/aromatic N) is 2. The molecule has 5 heteroatoms. The quantitative estimate of drug-likeness (QED) is 0.593. The lowest BCUT2D eigenvalue weighted by Gasteiger charge is -2.22. The highest BCUT2D eigenvalue weighted by Gasteiger charge is 2.22. The molecule has 158 valence electrons. The lowest BCUT2D eigenvalue weighted by atomic mass is 10.1. The maximum atomic E-state index is 12.9. The van der Waals surface area contributed by atoms with Gasteiger partial charge in [-0.2, -0.15) is 0 Å². The van der Waals surface area contributed by atoms with Gasteiger partial charge >= 0.3 is 0 Å². The van der Waals surface area contributed by atoms with E-state index >= 15 is 0 Å². The van der Waals surface area contributed by atoms with Crippen LogP contribution in [0.15, 0.2) is 84.9 Å². The Balaban J connectivity index is 1.43. The van der Waals surface area contributed by atoms with Crippen LogP contribution in [-0.4, -0.2) is 29.8 Å². The number of hydrogen-bond acceptors (Lipinski definition) is 3. The first-order valence-electron chi connectivity index (χ1n) is 10.7. The van der Waals surface area contributed by atoms with E-state index in [1.54, 1.807) is 4.90 Å². The predicted molar refractivity (Wildman–Crippen MR) is 124 cm³/mol.